The summed E-state index contributed by atoms with van der Waals surface area (Å²) in [5, 5.41) is 10.2. The number of nitrogens with one attached hydrogen (secondary N) is 1. The number of hydrogen-bond donors (Lipinski definition) is 2. The van der Waals surface area contributed by atoms with Crippen LogP contribution in [0.25, 0.3) is 10.9 Å². The Hall–Kier alpha value is -0.990. The van der Waals surface area contributed by atoms with Crippen molar-refractivity contribution in [2.75, 3.05) is 0 Å². The van der Waals surface area contributed by atoms with Crippen LogP contribution in [0.5, 0.6) is 0 Å². The molecule has 0 spiro atoms. The van der Waals surface area contributed by atoms with Crippen LogP contribution in [0.1, 0.15) is 0 Å². The fourth-order valence-electron chi connectivity index (χ4n) is 1.23. The molecule has 2 aromatic rings. The molecule has 1 aromatic heterocycles. The van der Waals surface area contributed by atoms with Gasteiger partial charge in [-0.1, -0.05) is 0 Å². The molecule has 15 heavy (non-hydrogen) atoms. The molecule has 3 N–H and O–H groups in total. The predicted molar refractivity (Wildman–Crippen MR) is 55.1 cm³/mol. The van der Waals surface area contributed by atoms with E-state index in [1.54, 1.807) is 0 Å². The number of aromatic nitrogens is 2. The Balaban J connectivity index is 2.98. The van der Waals surface area contributed by atoms with Gasteiger partial charge in [0, 0.05) is 4.47 Å². The lowest BCUT2D eigenvalue weighted by molar-refractivity contribution is 0.592. The smallest absolute Gasteiger partial charge is 0.255 e. The van der Waals surface area contributed by atoms with Crippen molar-refractivity contribution < 1.29 is 12.8 Å². The van der Waals surface area contributed by atoms with Crippen molar-refractivity contribution in [1.29, 1.82) is 0 Å². The van der Waals surface area contributed by atoms with Gasteiger partial charge in [-0.25, -0.2) is 17.9 Å². The van der Waals surface area contributed by atoms with E-state index in [0.717, 1.165) is 6.07 Å². The summed E-state index contributed by atoms with van der Waals surface area (Å²) in [7, 11) is -4.00. The highest BCUT2D eigenvalue weighted by Crippen LogP contribution is 2.28. The van der Waals surface area contributed by atoms with E-state index in [0.29, 0.717) is 4.47 Å². The maximum atomic E-state index is 13.4. The van der Waals surface area contributed by atoms with Crippen LogP contribution in [0.4, 0.5) is 4.39 Å². The minimum atomic E-state index is -4.00. The molecule has 8 heteroatoms. The van der Waals surface area contributed by atoms with Crippen LogP contribution in [0.15, 0.2) is 21.6 Å². The Morgan fingerprint density at radius 2 is 2.13 bits per heavy atom. The van der Waals surface area contributed by atoms with Gasteiger partial charge in [0.05, 0.1) is 5.39 Å². The molecule has 1 aromatic carbocycles. The van der Waals surface area contributed by atoms with Gasteiger partial charge in [-0.2, -0.15) is 5.10 Å². The lowest BCUT2D eigenvalue weighted by Crippen LogP contribution is -2.13. The van der Waals surface area contributed by atoms with Crippen molar-refractivity contribution in [3.05, 3.63) is 22.4 Å². The van der Waals surface area contributed by atoms with Crippen molar-refractivity contribution in [1.82, 2.24) is 10.2 Å². The summed E-state index contributed by atoms with van der Waals surface area (Å²) >= 11 is 3.13. The van der Waals surface area contributed by atoms with E-state index in [2.05, 4.69) is 26.1 Å². The third kappa shape index (κ3) is 1.64. The summed E-state index contributed by atoms with van der Waals surface area (Å²) in [5.74, 6) is -0.689. The number of sulfonamides is 1. The van der Waals surface area contributed by atoms with E-state index in [1.165, 1.54) is 6.07 Å². The predicted octanol–water partition coefficient (Wildman–Crippen LogP) is 1.11. The van der Waals surface area contributed by atoms with Crippen LogP contribution >= 0.6 is 15.9 Å². The zero-order valence-electron chi connectivity index (χ0n) is 7.16. The number of primary sulfonamides is 1. The molecule has 0 bridgehead atoms. The van der Waals surface area contributed by atoms with Crippen molar-refractivity contribution in [2.24, 2.45) is 5.14 Å². The monoisotopic (exact) mass is 293 g/mol. The first-order valence-electron chi connectivity index (χ1n) is 3.76. The largest absolute Gasteiger partial charge is 0.265 e. The summed E-state index contributed by atoms with van der Waals surface area (Å²) in [5.41, 5.74) is 0.194. The normalized spacial score (nSPS) is 12.2. The van der Waals surface area contributed by atoms with Gasteiger partial charge in [0.25, 0.3) is 10.0 Å². The zero-order valence-corrected chi connectivity index (χ0v) is 9.56. The highest BCUT2D eigenvalue weighted by molar-refractivity contribution is 9.10. The fourth-order valence-corrected chi connectivity index (χ4v) is 2.31. The number of hydrogen-bond acceptors (Lipinski definition) is 3. The lowest BCUT2D eigenvalue weighted by atomic mass is 10.2. The summed E-state index contributed by atoms with van der Waals surface area (Å²) in [6.45, 7) is 0. The minimum absolute atomic E-state index is 0.133. The Bertz CT molecular complexity index is 637. The maximum absolute atomic E-state index is 13.4. The van der Waals surface area contributed by atoms with E-state index in [-0.39, 0.29) is 10.9 Å². The number of aromatic amines is 1. The minimum Gasteiger partial charge on any atom is -0.265 e. The molecule has 0 atom stereocenters. The van der Waals surface area contributed by atoms with Crippen molar-refractivity contribution in [2.45, 2.75) is 5.03 Å². The van der Waals surface area contributed by atoms with E-state index < -0.39 is 20.9 Å². The molecule has 0 fully saturated rings. The number of nitrogens with two attached hydrogens (primary N) is 1. The quantitative estimate of drug-likeness (QED) is 0.825. The molecule has 1 heterocycles. The molecule has 0 amide bonds. The Labute approximate surface area is 92.6 Å². The van der Waals surface area contributed by atoms with E-state index in [1.807, 2.05) is 0 Å². The standard InChI is InChI=1S/C7H5BrFN3O2S/c8-3-1-2-4(9)5-6(3)11-12-7(5)15(10,13)14/h1-2H,(H,11,12)(H2,10,13,14). The Morgan fingerprint density at radius 1 is 1.47 bits per heavy atom. The summed E-state index contributed by atoms with van der Waals surface area (Å²) in [4.78, 5) is 0. The Kier molecular flexibility index (Phi) is 2.28. The topological polar surface area (TPSA) is 88.8 Å². The zero-order chi connectivity index (χ0) is 11.2. The molecular weight excluding hydrogens is 289 g/mol. The highest BCUT2D eigenvalue weighted by Gasteiger charge is 2.20. The first-order valence-corrected chi connectivity index (χ1v) is 6.10. The number of nitrogens with zero attached hydrogens (tertiary/aromatic N) is 1. The van der Waals surface area contributed by atoms with Crippen LogP contribution in [0.3, 0.4) is 0 Å². The maximum Gasteiger partial charge on any atom is 0.255 e. The van der Waals surface area contributed by atoms with Gasteiger partial charge >= 0.3 is 0 Å². The molecule has 0 aliphatic carbocycles. The molecule has 0 saturated carbocycles. The fraction of sp³-hybridized carbons (Fsp3) is 0. The van der Waals surface area contributed by atoms with Crippen LogP contribution < -0.4 is 5.14 Å². The molecule has 0 aliphatic heterocycles. The number of halogens is 2. The number of H-pyrrole nitrogens is 1. The third-order valence-corrected chi connectivity index (χ3v) is 3.36. The number of fused-ring (bicyclic) bond motifs is 1. The SMILES string of the molecule is NS(=O)(=O)c1[nH]nc2c(Br)ccc(F)c12. The van der Waals surface area contributed by atoms with E-state index in [4.69, 9.17) is 5.14 Å². The van der Waals surface area contributed by atoms with Gasteiger partial charge in [-0.15, -0.1) is 0 Å². The van der Waals surface area contributed by atoms with Crippen molar-refractivity contribution in [3.63, 3.8) is 0 Å². The highest BCUT2D eigenvalue weighted by atomic mass is 79.9. The average Bonchev–Trinajstić information content (AvgIpc) is 2.55. The average molecular weight is 294 g/mol. The summed E-state index contributed by atoms with van der Waals surface area (Å²) < 4.78 is 36.1. The molecule has 5 nitrogen and oxygen atoms in total. The number of rotatable bonds is 1. The number of benzene rings is 1. The molecule has 0 radical (unpaired) electrons. The Morgan fingerprint density at radius 3 is 2.73 bits per heavy atom. The van der Waals surface area contributed by atoms with Crippen LogP contribution in [0, 0.1) is 5.82 Å². The second-order valence-electron chi connectivity index (χ2n) is 2.85. The first-order chi connectivity index (χ1) is 6.91. The van der Waals surface area contributed by atoms with Gasteiger partial charge in [0.2, 0.25) is 0 Å². The molecular formula is C7H5BrFN3O2S. The third-order valence-electron chi connectivity index (χ3n) is 1.86. The van der Waals surface area contributed by atoms with Gasteiger partial charge in [-0.3, -0.25) is 5.10 Å². The first kappa shape index (κ1) is 10.5. The summed E-state index contributed by atoms with van der Waals surface area (Å²) in [6, 6.07) is 2.57. The van der Waals surface area contributed by atoms with Gasteiger partial charge in [-0.05, 0) is 28.1 Å². The molecule has 0 unspecified atom stereocenters. The van der Waals surface area contributed by atoms with Crippen LogP contribution in [0.2, 0.25) is 0 Å². The second kappa shape index (κ2) is 3.26. The van der Waals surface area contributed by atoms with Crippen molar-refractivity contribution in [3.8, 4) is 0 Å². The molecule has 80 valence electrons. The molecule has 0 aliphatic rings. The van der Waals surface area contributed by atoms with Gasteiger partial charge < -0.3 is 0 Å². The van der Waals surface area contributed by atoms with Crippen LogP contribution in [-0.2, 0) is 10.0 Å². The van der Waals surface area contributed by atoms with Crippen molar-refractivity contribution >= 4 is 36.9 Å². The second-order valence-corrected chi connectivity index (χ2v) is 5.20. The van der Waals surface area contributed by atoms with Crippen LogP contribution in [-0.4, -0.2) is 18.6 Å². The molecule has 0 saturated heterocycles. The lowest BCUT2D eigenvalue weighted by Gasteiger charge is -1.96. The van der Waals surface area contributed by atoms with E-state index in [9.17, 15) is 12.8 Å². The molecule has 2 rings (SSSR count). The van der Waals surface area contributed by atoms with E-state index >= 15 is 0 Å². The van der Waals surface area contributed by atoms with Gasteiger partial charge in [0.15, 0.2) is 5.03 Å². The summed E-state index contributed by atoms with van der Waals surface area (Å²) in [6.07, 6.45) is 0. The van der Waals surface area contributed by atoms with Gasteiger partial charge in [0.1, 0.15) is 11.3 Å².